The second-order valence-corrected chi connectivity index (χ2v) is 10.6. The van der Waals surface area contributed by atoms with E-state index >= 15 is 0 Å². The summed E-state index contributed by atoms with van der Waals surface area (Å²) in [4.78, 5) is 45.7. The van der Waals surface area contributed by atoms with Gasteiger partial charge >= 0.3 is 0 Å². The monoisotopic (exact) mass is 555 g/mol. The number of aryl methyl sites for hydroxylation is 1. The molecule has 4 rings (SSSR count). The van der Waals surface area contributed by atoms with E-state index in [1.807, 2.05) is 42.8 Å². The van der Waals surface area contributed by atoms with Gasteiger partial charge in [-0.2, -0.15) is 0 Å². The van der Waals surface area contributed by atoms with Crippen LogP contribution >= 0.6 is 0 Å². The predicted molar refractivity (Wildman–Crippen MR) is 149 cm³/mol. The van der Waals surface area contributed by atoms with Gasteiger partial charge in [-0.3, -0.25) is 14.4 Å². The molecule has 2 aliphatic rings. The van der Waals surface area contributed by atoms with E-state index in [-0.39, 0.29) is 36.1 Å². The molecular formula is C29H41N5O6. The highest BCUT2D eigenvalue weighted by atomic mass is 16.5. The van der Waals surface area contributed by atoms with Gasteiger partial charge in [-0.15, -0.1) is 0 Å². The third-order valence-electron chi connectivity index (χ3n) is 7.32. The average molecular weight is 556 g/mol. The first-order valence-corrected chi connectivity index (χ1v) is 14.1. The first-order valence-electron chi connectivity index (χ1n) is 14.1. The fourth-order valence-corrected chi connectivity index (χ4v) is 5.08. The lowest BCUT2D eigenvalue weighted by atomic mass is 9.98. The Balaban J connectivity index is 1.57. The first kappa shape index (κ1) is 29.4. The number of imidazole rings is 1. The number of carbonyl (C=O) groups excluding carboxylic acids is 3. The summed E-state index contributed by atoms with van der Waals surface area (Å²) in [7, 11) is 1.59. The zero-order valence-electron chi connectivity index (χ0n) is 23.7. The smallest absolute Gasteiger partial charge is 0.242 e. The minimum atomic E-state index is -0.698. The minimum absolute atomic E-state index is 0.0682. The number of carbonyl (C=O) groups is 3. The van der Waals surface area contributed by atoms with E-state index in [0.717, 1.165) is 11.4 Å². The van der Waals surface area contributed by atoms with Gasteiger partial charge in [0.2, 0.25) is 17.7 Å². The maximum atomic E-state index is 13.4. The van der Waals surface area contributed by atoms with Gasteiger partial charge in [-0.25, -0.2) is 4.98 Å². The van der Waals surface area contributed by atoms with E-state index in [2.05, 4.69) is 15.6 Å². The van der Waals surface area contributed by atoms with Crippen LogP contribution in [0.25, 0.3) is 11.4 Å². The van der Waals surface area contributed by atoms with Crippen molar-refractivity contribution < 1.29 is 28.6 Å². The molecular weight excluding hydrogens is 514 g/mol. The molecule has 1 atom stereocenters. The maximum Gasteiger partial charge on any atom is 0.242 e. The lowest BCUT2D eigenvalue weighted by molar-refractivity contribution is -0.142. The van der Waals surface area contributed by atoms with Gasteiger partial charge in [0.1, 0.15) is 11.9 Å². The second kappa shape index (κ2) is 14.2. The molecule has 3 amide bonds. The van der Waals surface area contributed by atoms with Crippen LogP contribution in [0.5, 0.6) is 11.5 Å². The molecule has 1 aromatic heterocycles. The summed E-state index contributed by atoms with van der Waals surface area (Å²) in [6, 6.07) is 4.99. The van der Waals surface area contributed by atoms with E-state index in [1.54, 1.807) is 18.2 Å². The molecule has 0 saturated carbocycles. The number of rotatable bonds is 3. The highest BCUT2D eigenvalue weighted by molar-refractivity contribution is 5.90. The van der Waals surface area contributed by atoms with Crippen LogP contribution in [0, 0.1) is 11.8 Å². The van der Waals surface area contributed by atoms with Crippen LogP contribution in [0.15, 0.2) is 30.6 Å². The number of nitrogens with zero attached hydrogens (tertiary/aromatic N) is 3. The van der Waals surface area contributed by atoms with E-state index in [0.29, 0.717) is 76.6 Å². The molecule has 11 nitrogen and oxygen atoms in total. The summed E-state index contributed by atoms with van der Waals surface area (Å²) < 4.78 is 19.1. The van der Waals surface area contributed by atoms with Gasteiger partial charge in [0.15, 0.2) is 11.5 Å². The third kappa shape index (κ3) is 7.53. The number of fused-ring (bicyclic) bond motifs is 4. The zero-order chi connectivity index (χ0) is 28.5. The van der Waals surface area contributed by atoms with E-state index in [1.165, 1.54) is 0 Å². The summed E-state index contributed by atoms with van der Waals surface area (Å²) in [6.07, 6.45) is 6.11. The number of methoxy groups -OCH3 is 1. The summed E-state index contributed by atoms with van der Waals surface area (Å²) in [6.45, 7) is 6.49. The predicted octanol–water partition coefficient (Wildman–Crippen LogP) is 2.24. The number of nitrogens with one attached hydrogen (secondary N) is 2. The maximum absolute atomic E-state index is 13.4. The zero-order valence-corrected chi connectivity index (χ0v) is 23.7. The van der Waals surface area contributed by atoms with Crippen molar-refractivity contribution in [3.05, 3.63) is 30.6 Å². The van der Waals surface area contributed by atoms with Crippen LogP contribution in [0.1, 0.15) is 39.5 Å². The number of benzene rings is 1. The molecule has 1 saturated heterocycles. The van der Waals surface area contributed by atoms with Crippen LogP contribution < -0.4 is 20.1 Å². The van der Waals surface area contributed by atoms with Crippen molar-refractivity contribution in [3.8, 4) is 22.9 Å². The minimum Gasteiger partial charge on any atom is -0.493 e. The molecule has 0 spiro atoms. The highest BCUT2D eigenvalue weighted by Crippen LogP contribution is 2.32. The summed E-state index contributed by atoms with van der Waals surface area (Å²) in [5.41, 5.74) is 0.883. The Hall–Kier alpha value is -3.60. The molecule has 218 valence electrons. The number of hydrogen-bond acceptors (Lipinski definition) is 7. The Kier molecular flexibility index (Phi) is 10.4. The van der Waals surface area contributed by atoms with Crippen LogP contribution in [-0.2, 0) is 25.7 Å². The van der Waals surface area contributed by atoms with Crippen molar-refractivity contribution in [2.75, 3.05) is 46.6 Å². The van der Waals surface area contributed by atoms with Gasteiger partial charge in [-0.05, 0) is 49.8 Å². The van der Waals surface area contributed by atoms with Gasteiger partial charge in [-0.1, -0.05) is 13.8 Å². The highest BCUT2D eigenvalue weighted by Gasteiger charge is 2.30. The van der Waals surface area contributed by atoms with Crippen molar-refractivity contribution in [1.29, 1.82) is 0 Å². The van der Waals surface area contributed by atoms with E-state index in [4.69, 9.17) is 14.2 Å². The van der Waals surface area contributed by atoms with Gasteiger partial charge in [0.25, 0.3) is 0 Å². The molecule has 2 aliphatic heterocycles. The van der Waals surface area contributed by atoms with Crippen LogP contribution in [0.2, 0.25) is 0 Å². The van der Waals surface area contributed by atoms with Gasteiger partial charge < -0.3 is 34.3 Å². The molecule has 1 fully saturated rings. The van der Waals surface area contributed by atoms with Crippen molar-refractivity contribution in [1.82, 2.24) is 25.1 Å². The topological polar surface area (TPSA) is 124 Å². The van der Waals surface area contributed by atoms with Crippen molar-refractivity contribution in [2.24, 2.45) is 11.8 Å². The molecule has 1 aromatic carbocycles. The fourth-order valence-electron chi connectivity index (χ4n) is 5.08. The third-order valence-corrected chi connectivity index (χ3v) is 7.32. The Bertz CT molecular complexity index is 1160. The second-order valence-electron chi connectivity index (χ2n) is 10.6. The largest absolute Gasteiger partial charge is 0.493 e. The van der Waals surface area contributed by atoms with Crippen LogP contribution in [-0.4, -0.2) is 84.8 Å². The normalized spacial score (nSPS) is 20.3. The number of amides is 3. The van der Waals surface area contributed by atoms with Gasteiger partial charge in [0.05, 0.1) is 20.3 Å². The molecule has 11 heteroatoms. The van der Waals surface area contributed by atoms with Crippen LogP contribution in [0.4, 0.5) is 0 Å². The van der Waals surface area contributed by atoms with E-state index in [9.17, 15) is 14.4 Å². The molecule has 0 aliphatic carbocycles. The summed E-state index contributed by atoms with van der Waals surface area (Å²) in [5, 5.41) is 5.83. The quantitative estimate of drug-likeness (QED) is 0.595. The van der Waals surface area contributed by atoms with Crippen molar-refractivity contribution in [3.63, 3.8) is 0 Å². The molecule has 2 bridgehead atoms. The first-order chi connectivity index (χ1) is 19.4. The molecule has 3 heterocycles. The molecule has 40 heavy (non-hydrogen) atoms. The lowest BCUT2D eigenvalue weighted by Gasteiger charge is -2.30. The lowest BCUT2D eigenvalue weighted by Crippen LogP contribution is -2.53. The summed E-state index contributed by atoms with van der Waals surface area (Å²) >= 11 is 0. The Morgan fingerprint density at radius 2 is 1.93 bits per heavy atom. The molecule has 2 aromatic rings. The summed E-state index contributed by atoms with van der Waals surface area (Å²) in [5.74, 6) is 1.01. The SMILES string of the molecule is COc1ccc2cc1OCCCN(C(=O)C1CCOCC1)CC(=O)N[C@H](C(C)C)C(=O)NCCCn1ccnc1-2. The van der Waals surface area contributed by atoms with E-state index < -0.39 is 6.04 Å². The number of aromatic nitrogens is 2. The van der Waals surface area contributed by atoms with Gasteiger partial charge in [0, 0.05) is 56.7 Å². The molecule has 0 radical (unpaired) electrons. The Labute approximate surface area is 235 Å². The van der Waals surface area contributed by atoms with Crippen molar-refractivity contribution >= 4 is 17.7 Å². The Morgan fingerprint density at radius 3 is 2.67 bits per heavy atom. The fraction of sp³-hybridized carbons (Fsp3) is 0.586. The average Bonchev–Trinajstić information content (AvgIpc) is 3.43. The molecule has 2 N–H and O–H groups in total. The standard InChI is InChI=1S/C29H41N5O6/c1-20(2)26-28(36)31-10-4-12-33-14-11-30-27(33)22-6-7-23(38-3)24(18-22)40-15-5-13-34(19-25(35)32-26)29(37)21-8-16-39-17-9-21/h6-7,11,14,18,20-21,26H,4-5,8-10,12-13,15-17,19H2,1-3H3,(H,31,36)(H,32,35)/t26-/m1/s1. The van der Waals surface area contributed by atoms with Crippen molar-refractivity contribution in [2.45, 2.75) is 52.1 Å². The van der Waals surface area contributed by atoms with Crippen LogP contribution in [0.3, 0.4) is 0 Å². The number of ether oxygens (including phenoxy) is 3. The Morgan fingerprint density at radius 1 is 1.12 bits per heavy atom. The molecule has 0 unspecified atom stereocenters. The number of hydrogen-bond donors (Lipinski definition) is 2.